The van der Waals surface area contributed by atoms with Crippen LogP contribution in [0.4, 0.5) is 0 Å². The number of nitrogens with two attached hydrogens (primary N) is 1. The van der Waals surface area contributed by atoms with E-state index < -0.39 is 5.97 Å². The molecule has 104 valence electrons. The van der Waals surface area contributed by atoms with Crippen LogP contribution in [-0.2, 0) is 4.74 Å². The largest absolute Gasteiger partial charge is 0.464 e. The highest BCUT2D eigenvalue weighted by atomic mass is 35.5. The van der Waals surface area contributed by atoms with E-state index in [1.807, 2.05) is 0 Å². The van der Waals surface area contributed by atoms with Gasteiger partial charge in [0.25, 0.3) is 0 Å². The zero-order chi connectivity index (χ0) is 11.5. The van der Waals surface area contributed by atoms with E-state index in [0.29, 0.717) is 12.1 Å². The molecule has 8 heteroatoms. The second kappa shape index (κ2) is 7.56. The molecule has 0 aliphatic heterocycles. The monoisotopic (exact) mass is 296 g/mol. The highest BCUT2D eigenvalue weighted by Gasteiger charge is 2.22. The number of carbonyl (C=O) groups is 1. The van der Waals surface area contributed by atoms with Crippen LogP contribution in [0.1, 0.15) is 42.2 Å². The second-order valence-electron chi connectivity index (χ2n) is 4.14. The molecule has 2 rings (SSSR count). The lowest BCUT2D eigenvalue weighted by Gasteiger charge is -2.25. The number of nitrogens with zero attached hydrogens (tertiary/aromatic N) is 3. The third-order valence-electron chi connectivity index (χ3n) is 3.02. The fourth-order valence-electron chi connectivity index (χ4n) is 2.02. The van der Waals surface area contributed by atoms with Crippen molar-refractivity contribution in [2.45, 2.75) is 37.8 Å². The number of hydrogen-bond acceptors (Lipinski definition) is 5. The number of ether oxygens (including phenoxy) is 1. The number of aromatic nitrogens is 3. The van der Waals surface area contributed by atoms with Crippen molar-refractivity contribution < 1.29 is 9.53 Å². The fourth-order valence-corrected chi connectivity index (χ4v) is 2.02. The first-order valence-electron chi connectivity index (χ1n) is 5.46. The van der Waals surface area contributed by atoms with Crippen molar-refractivity contribution in [2.24, 2.45) is 5.73 Å². The topological polar surface area (TPSA) is 83.0 Å². The molecular weight excluding hydrogens is 279 g/mol. The first-order chi connectivity index (χ1) is 7.70. The van der Waals surface area contributed by atoms with E-state index in [-0.39, 0.29) is 30.5 Å². The zero-order valence-corrected chi connectivity index (χ0v) is 11.7. The van der Waals surface area contributed by atoms with Gasteiger partial charge < -0.3 is 10.5 Å². The van der Waals surface area contributed by atoms with E-state index in [4.69, 9.17) is 5.73 Å². The first kappa shape index (κ1) is 17.2. The number of halogens is 2. The quantitative estimate of drug-likeness (QED) is 0.833. The van der Waals surface area contributed by atoms with Gasteiger partial charge in [-0.2, -0.15) is 0 Å². The second-order valence-corrected chi connectivity index (χ2v) is 4.14. The van der Waals surface area contributed by atoms with Crippen molar-refractivity contribution in [3.8, 4) is 0 Å². The molecule has 1 aromatic heterocycles. The van der Waals surface area contributed by atoms with Gasteiger partial charge in [0.05, 0.1) is 19.3 Å². The van der Waals surface area contributed by atoms with Crippen LogP contribution in [0.25, 0.3) is 0 Å². The third kappa shape index (κ3) is 3.83. The average molecular weight is 297 g/mol. The van der Waals surface area contributed by atoms with Gasteiger partial charge in [0.1, 0.15) is 0 Å². The van der Waals surface area contributed by atoms with Gasteiger partial charge in [0.2, 0.25) is 0 Å². The summed E-state index contributed by atoms with van der Waals surface area (Å²) in [6.07, 6.45) is 5.62. The Bertz CT molecular complexity index is 378. The molecule has 1 aliphatic carbocycles. The normalized spacial score (nSPS) is 22.6. The number of esters is 1. The fraction of sp³-hybridized carbons (Fsp3) is 0.700. The lowest BCUT2D eigenvalue weighted by molar-refractivity contribution is 0.0594. The van der Waals surface area contributed by atoms with Gasteiger partial charge in [0, 0.05) is 6.04 Å². The average Bonchev–Trinajstić information content (AvgIpc) is 2.78. The highest BCUT2D eigenvalue weighted by Crippen LogP contribution is 2.26. The molecule has 0 unspecified atom stereocenters. The van der Waals surface area contributed by atoms with Crippen LogP contribution in [0.5, 0.6) is 0 Å². The summed E-state index contributed by atoms with van der Waals surface area (Å²) in [6.45, 7) is 0. The molecule has 18 heavy (non-hydrogen) atoms. The van der Waals surface area contributed by atoms with Crippen LogP contribution in [0.2, 0.25) is 0 Å². The molecule has 0 aromatic carbocycles. The lowest BCUT2D eigenvalue weighted by atomic mass is 9.92. The van der Waals surface area contributed by atoms with Crippen molar-refractivity contribution in [1.29, 1.82) is 0 Å². The van der Waals surface area contributed by atoms with E-state index >= 15 is 0 Å². The van der Waals surface area contributed by atoms with E-state index in [1.54, 1.807) is 10.9 Å². The van der Waals surface area contributed by atoms with Gasteiger partial charge in [-0.25, -0.2) is 9.48 Å². The number of hydrogen-bond donors (Lipinski definition) is 1. The Morgan fingerprint density at radius 2 is 2.00 bits per heavy atom. The van der Waals surface area contributed by atoms with Crippen LogP contribution in [0.15, 0.2) is 6.20 Å². The molecule has 1 saturated carbocycles. The highest BCUT2D eigenvalue weighted by molar-refractivity contribution is 5.86. The van der Waals surface area contributed by atoms with Crippen molar-refractivity contribution in [1.82, 2.24) is 15.0 Å². The predicted molar refractivity (Wildman–Crippen MR) is 71.3 cm³/mol. The first-order valence-corrected chi connectivity index (χ1v) is 5.46. The van der Waals surface area contributed by atoms with Crippen molar-refractivity contribution >= 4 is 30.8 Å². The van der Waals surface area contributed by atoms with Crippen LogP contribution >= 0.6 is 24.8 Å². The Labute approximate surface area is 118 Å². The Hall–Kier alpha value is -0.850. The molecule has 0 spiro atoms. The Kier molecular flexibility index (Phi) is 7.20. The molecular formula is C10H18Cl2N4O2. The Morgan fingerprint density at radius 3 is 2.56 bits per heavy atom. The maximum atomic E-state index is 11.2. The molecule has 1 heterocycles. The molecule has 0 radical (unpaired) electrons. The summed E-state index contributed by atoms with van der Waals surface area (Å²) in [7, 11) is 1.33. The zero-order valence-electron chi connectivity index (χ0n) is 10.1. The number of methoxy groups -OCH3 is 1. The Morgan fingerprint density at radius 1 is 1.39 bits per heavy atom. The minimum absolute atomic E-state index is 0. The standard InChI is InChI=1S/C10H16N4O2.2ClH/c1-16-10(15)9-6-14(13-12-9)8-4-2-7(11)3-5-8;;/h6-8H,2-5,11H2,1H3;2*1H/t7-,8+;;. The molecule has 1 aromatic rings. The molecule has 0 atom stereocenters. The number of rotatable bonds is 2. The van der Waals surface area contributed by atoms with Crippen LogP contribution in [0, 0.1) is 0 Å². The van der Waals surface area contributed by atoms with E-state index in [1.165, 1.54) is 7.11 Å². The van der Waals surface area contributed by atoms with Gasteiger partial charge in [0.15, 0.2) is 5.69 Å². The summed E-state index contributed by atoms with van der Waals surface area (Å²) >= 11 is 0. The predicted octanol–water partition coefficient (Wildman–Crippen LogP) is 1.35. The van der Waals surface area contributed by atoms with E-state index in [0.717, 1.165) is 25.7 Å². The van der Waals surface area contributed by atoms with Gasteiger partial charge in [-0.05, 0) is 25.7 Å². The van der Waals surface area contributed by atoms with E-state index in [2.05, 4.69) is 15.0 Å². The van der Waals surface area contributed by atoms with Crippen LogP contribution in [-0.4, -0.2) is 34.1 Å². The van der Waals surface area contributed by atoms with Crippen molar-refractivity contribution in [3.63, 3.8) is 0 Å². The van der Waals surface area contributed by atoms with Gasteiger partial charge in [-0.15, -0.1) is 29.9 Å². The SMILES string of the molecule is COC(=O)c1cn([C@H]2CC[C@@H](N)CC2)nn1.Cl.Cl. The minimum atomic E-state index is -0.446. The van der Waals surface area contributed by atoms with Gasteiger partial charge in [-0.3, -0.25) is 0 Å². The van der Waals surface area contributed by atoms with E-state index in [9.17, 15) is 4.79 Å². The van der Waals surface area contributed by atoms with Gasteiger partial charge in [-0.1, -0.05) is 5.21 Å². The summed E-state index contributed by atoms with van der Waals surface area (Å²) in [5.74, 6) is -0.446. The summed E-state index contributed by atoms with van der Waals surface area (Å²) < 4.78 is 6.33. The lowest BCUT2D eigenvalue weighted by Crippen LogP contribution is -2.28. The van der Waals surface area contributed by atoms with Gasteiger partial charge >= 0.3 is 5.97 Å². The summed E-state index contributed by atoms with van der Waals surface area (Å²) in [6, 6.07) is 0.616. The van der Waals surface area contributed by atoms with Crippen LogP contribution in [0.3, 0.4) is 0 Å². The summed E-state index contributed by atoms with van der Waals surface area (Å²) in [4.78, 5) is 11.2. The molecule has 0 bridgehead atoms. The smallest absolute Gasteiger partial charge is 0.360 e. The van der Waals surface area contributed by atoms with Crippen molar-refractivity contribution in [3.05, 3.63) is 11.9 Å². The molecule has 2 N–H and O–H groups in total. The van der Waals surface area contributed by atoms with Crippen LogP contribution < -0.4 is 5.73 Å². The molecule has 6 nitrogen and oxygen atoms in total. The maximum absolute atomic E-state index is 11.2. The minimum Gasteiger partial charge on any atom is -0.464 e. The molecule has 0 saturated heterocycles. The third-order valence-corrected chi connectivity index (χ3v) is 3.02. The Balaban J connectivity index is 0.00000144. The summed E-state index contributed by atoms with van der Waals surface area (Å²) in [5, 5.41) is 7.75. The van der Waals surface area contributed by atoms with Crippen molar-refractivity contribution in [2.75, 3.05) is 7.11 Å². The maximum Gasteiger partial charge on any atom is 0.360 e. The molecule has 0 amide bonds. The number of carbonyl (C=O) groups excluding carboxylic acids is 1. The molecule has 1 aliphatic rings. The summed E-state index contributed by atoms with van der Waals surface area (Å²) in [5.41, 5.74) is 6.09. The molecule has 1 fully saturated rings.